The van der Waals surface area contributed by atoms with E-state index in [1.165, 1.54) is 13.3 Å². The van der Waals surface area contributed by atoms with E-state index in [-0.39, 0.29) is 10.5 Å². The minimum Gasteiger partial charge on any atom is -0.466 e. The molecule has 0 atom stereocenters. The van der Waals surface area contributed by atoms with Gasteiger partial charge in [0, 0.05) is 12.5 Å². The van der Waals surface area contributed by atoms with Crippen LogP contribution in [0.25, 0.3) is 0 Å². The molecular weight excluding hydrogens is 246 g/mol. The standard InChI is InChI=1S/C7H14O2.C2HCl3/c1-3-4-5-6-9-7(2)8;3-1-2(4)5/h3-6H2,1-2H3;1H. The summed E-state index contributed by atoms with van der Waals surface area (Å²) in [6, 6.07) is 0. The third kappa shape index (κ3) is 22.7. The van der Waals surface area contributed by atoms with Crippen LogP contribution < -0.4 is 0 Å². The SMILES string of the molecule is CCCCCOC(C)=O.ClC=C(Cl)Cl. The second kappa shape index (κ2) is 13.1. The molecule has 0 aromatic rings. The van der Waals surface area contributed by atoms with Gasteiger partial charge in [0.25, 0.3) is 0 Å². The Labute approximate surface area is 100 Å². The number of unbranched alkanes of at least 4 members (excludes halogenated alkanes) is 2. The van der Waals surface area contributed by atoms with E-state index >= 15 is 0 Å². The van der Waals surface area contributed by atoms with E-state index in [0.717, 1.165) is 18.4 Å². The Kier molecular flexibility index (Phi) is 15.4. The summed E-state index contributed by atoms with van der Waals surface area (Å²) < 4.78 is 4.79. The third-order valence-corrected chi connectivity index (χ3v) is 1.80. The van der Waals surface area contributed by atoms with Gasteiger partial charge < -0.3 is 4.74 Å². The zero-order valence-electron chi connectivity index (χ0n) is 8.36. The molecule has 0 N–H and O–H groups in total. The summed E-state index contributed by atoms with van der Waals surface area (Å²) in [6.45, 7) is 4.14. The molecule has 0 fully saturated rings. The van der Waals surface area contributed by atoms with Crippen LogP contribution in [-0.2, 0) is 9.53 Å². The van der Waals surface area contributed by atoms with Crippen molar-refractivity contribution in [2.24, 2.45) is 0 Å². The van der Waals surface area contributed by atoms with Gasteiger partial charge >= 0.3 is 5.97 Å². The fourth-order valence-corrected chi connectivity index (χ4v) is 0.568. The molecule has 14 heavy (non-hydrogen) atoms. The first-order valence-corrected chi connectivity index (χ1v) is 5.48. The van der Waals surface area contributed by atoms with Crippen molar-refractivity contribution < 1.29 is 9.53 Å². The number of rotatable bonds is 4. The topological polar surface area (TPSA) is 26.3 Å². The normalized spacial score (nSPS) is 8.36. The maximum atomic E-state index is 10.2. The molecule has 84 valence electrons. The van der Waals surface area contributed by atoms with Gasteiger partial charge in [0.15, 0.2) is 0 Å². The number of halogens is 3. The van der Waals surface area contributed by atoms with Crippen molar-refractivity contribution in [3.05, 3.63) is 10.0 Å². The average molecular weight is 262 g/mol. The van der Waals surface area contributed by atoms with Crippen LogP contribution in [0.4, 0.5) is 0 Å². The fourth-order valence-electron chi connectivity index (χ4n) is 0.568. The van der Waals surface area contributed by atoms with Crippen LogP contribution in [0.1, 0.15) is 33.1 Å². The fraction of sp³-hybridized carbons (Fsp3) is 0.667. The highest BCUT2D eigenvalue weighted by Crippen LogP contribution is 2.05. The molecule has 2 nitrogen and oxygen atoms in total. The van der Waals surface area contributed by atoms with Crippen molar-refractivity contribution in [1.29, 1.82) is 0 Å². The van der Waals surface area contributed by atoms with Gasteiger partial charge in [0.2, 0.25) is 0 Å². The summed E-state index contributed by atoms with van der Waals surface area (Å²) in [5, 5.41) is 0. The van der Waals surface area contributed by atoms with Crippen molar-refractivity contribution in [3.63, 3.8) is 0 Å². The van der Waals surface area contributed by atoms with E-state index in [2.05, 4.69) is 6.92 Å². The molecular formula is C9H15Cl3O2. The van der Waals surface area contributed by atoms with E-state index in [4.69, 9.17) is 39.5 Å². The molecule has 0 rings (SSSR count). The van der Waals surface area contributed by atoms with Gasteiger partial charge in [-0.25, -0.2) is 0 Å². The number of carbonyl (C=O) groups excluding carboxylic acids is 1. The van der Waals surface area contributed by atoms with Crippen LogP contribution in [0.15, 0.2) is 10.0 Å². The van der Waals surface area contributed by atoms with Crippen LogP contribution in [0.3, 0.4) is 0 Å². The van der Waals surface area contributed by atoms with Gasteiger partial charge in [0.1, 0.15) is 4.49 Å². The highest BCUT2D eigenvalue weighted by atomic mass is 35.5. The van der Waals surface area contributed by atoms with Gasteiger partial charge in [-0.2, -0.15) is 0 Å². The summed E-state index contributed by atoms with van der Waals surface area (Å²) in [7, 11) is 0. The molecule has 0 heterocycles. The summed E-state index contributed by atoms with van der Waals surface area (Å²) in [5.74, 6) is -0.175. The van der Waals surface area contributed by atoms with Gasteiger partial charge in [-0.1, -0.05) is 54.6 Å². The summed E-state index contributed by atoms with van der Waals surface area (Å²) in [6.07, 6.45) is 3.31. The summed E-state index contributed by atoms with van der Waals surface area (Å²) in [4.78, 5) is 10.2. The third-order valence-electron chi connectivity index (χ3n) is 1.14. The zero-order chi connectivity index (χ0) is 11.4. The van der Waals surface area contributed by atoms with Gasteiger partial charge in [-0.3, -0.25) is 4.79 Å². The molecule has 5 heteroatoms. The lowest BCUT2D eigenvalue weighted by atomic mass is 10.3. The number of hydrogen-bond donors (Lipinski definition) is 0. The molecule has 0 radical (unpaired) electrons. The zero-order valence-corrected chi connectivity index (χ0v) is 10.6. The molecule has 0 amide bonds. The first kappa shape index (κ1) is 16.5. The van der Waals surface area contributed by atoms with E-state index in [1.54, 1.807) is 0 Å². The van der Waals surface area contributed by atoms with E-state index in [1.807, 2.05) is 0 Å². The van der Waals surface area contributed by atoms with Crippen molar-refractivity contribution >= 4 is 40.8 Å². The van der Waals surface area contributed by atoms with Crippen molar-refractivity contribution in [2.45, 2.75) is 33.1 Å². The van der Waals surface area contributed by atoms with Crippen molar-refractivity contribution in [3.8, 4) is 0 Å². The van der Waals surface area contributed by atoms with Crippen LogP contribution in [-0.4, -0.2) is 12.6 Å². The highest BCUT2D eigenvalue weighted by molar-refractivity contribution is 6.58. The summed E-state index contributed by atoms with van der Waals surface area (Å²) in [5.41, 5.74) is 1.09. The van der Waals surface area contributed by atoms with E-state index in [9.17, 15) is 4.79 Å². The molecule has 0 aliphatic heterocycles. The number of ether oxygens (including phenoxy) is 1. The Balaban J connectivity index is 0. The minimum atomic E-state index is -0.175. The monoisotopic (exact) mass is 260 g/mol. The lowest BCUT2D eigenvalue weighted by Gasteiger charge is -1.98. The first-order valence-electron chi connectivity index (χ1n) is 4.29. The lowest BCUT2D eigenvalue weighted by Crippen LogP contribution is -1.99. The minimum absolute atomic E-state index is 0.0895. The molecule has 0 aromatic carbocycles. The quantitative estimate of drug-likeness (QED) is 0.559. The van der Waals surface area contributed by atoms with Crippen LogP contribution in [0, 0.1) is 0 Å². The maximum absolute atomic E-state index is 10.2. The molecule has 0 bridgehead atoms. The highest BCUT2D eigenvalue weighted by Gasteiger charge is 1.89. The Hall–Kier alpha value is 0.0800. The molecule has 0 unspecified atom stereocenters. The number of hydrogen-bond acceptors (Lipinski definition) is 2. The second-order valence-corrected chi connectivity index (χ2v) is 3.67. The van der Waals surface area contributed by atoms with E-state index in [0.29, 0.717) is 6.61 Å². The van der Waals surface area contributed by atoms with Gasteiger partial charge in [-0.05, 0) is 6.42 Å². The Morgan fingerprint density at radius 3 is 2.14 bits per heavy atom. The van der Waals surface area contributed by atoms with Crippen molar-refractivity contribution in [1.82, 2.24) is 0 Å². The maximum Gasteiger partial charge on any atom is 0.302 e. The predicted molar refractivity (Wildman–Crippen MR) is 61.8 cm³/mol. The second-order valence-electron chi connectivity index (χ2n) is 2.45. The Bertz CT molecular complexity index is 165. The van der Waals surface area contributed by atoms with Gasteiger partial charge in [-0.15, -0.1) is 0 Å². The van der Waals surface area contributed by atoms with E-state index < -0.39 is 0 Å². The van der Waals surface area contributed by atoms with Crippen LogP contribution >= 0.6 is 34.8 Å². The molecule has 0 aliphatic carbocycles. The Morgan fingerprint density at radius 1 is 1.36 bits per heavy atom. The largest absolute Gasteiger partial charge is 0.466 e. The first-order chi connectivity index (χ1) is 6.54. The Morgan fingerprint density at radius 2 is 1.86 bits per heavy atom. The summed E-state index contributed by atoms with van der Waals surface area (Å²) >= 11 is 14.8. The smallest absolute Gasteiger partial charge is 0.302 e. The van der Waals surface area contributed by atoms with Crippen molar-refractivity contribution in [2.75, 3.05) is 6.61 Å². The van der Waals surface area contributed by atoms with Gasteiger partial charge in [0.05, 0.1) is 6.61 Å². The number of esters is 1. The predicted octanol–water partition coefficient (Wildman–Crippen LogP) is 4.24. The lowest BCUT2D eigenvalue weighted by molar-refractivity contribution is -0.141. The molecule has 0 aliphatic rings. The average Bonchev–Trinajstić information content (AvgIpc) is 2.13. The molecule has 0 spiro atoms. The number of carbonyl (C=O) groups is 1. The van der Waals surface area contributed by atoms with Crippen LogP contribution in [0.5, 0.6) is 0 Å². The molecule has 0 saturated carbocycles. The molecule has 0 saturated heterocycles. The molecule has 0 aromatic heterocycles. The van der Waals surface area contributed by atoms with Crippen LogP contribution in [0.2, 0.25) is 0 Å².